The molecule has 1 unspecified atom stereocenters. The van der Waals surface area contributed by atoms with Crippen LogP contribution in [0.2, 0.25) is 0 Å². The number of hydrogen-bond donors (Lipinski definition) is 2. The molecule has 0 bridgehead atoms. The normalized spacial score (nSPS) is 16.8. The van der Waals surface area contributed by atoms with Gasteiger partial charge >= 0.3 is 0 Å². The second-order valence-electron chi connectivity index (χ2n) is 5.69. The van der Waals surface area contributed by atoms with Crippen LogP contribution in [0.15, 0.2) is 36.7 Å². The highest BCUT2D eigenvalue weighted by Crippen LogP contribution is 2.20. The number of carbonyl (C=O) groups is 2. The van der Waals surface area contributed by atoms with Crippen LogP contribution in [-0.2, 0) is 23.1 Å². The van der Waals surface area contributed by atoms with Gasteiger partial charge in [0.05, 0.1) is 18.3 Å². The Morgan fingerprint density at radius 2 is 2.08 bits per heavy atom. The van der Waals surface area contributed by atoms with E-state index in [4.69, 9.17) is 5.73 Å². The number of nitrogens with zero attached hydrogens (tertiary/aromatic N) is 3. The minimum absolute atomic E-state index is 0. The lowest BCUT2D eigenvalue weighted by Crippen LogP contribution is -2.42. The summed E-state index contributed by atoms with van der Waals surface area (Å²) in [7, 11) is 1.80. The average Bonchev–Trinajstić information content (AvgIpc) is 3.08. The molecule has 0 saturated carbocycles. The number of rotatable bonds is 4. The van der Waals surface area contributed by atoms with E-state index in [1.54, 1.807) is 41.2 Å². The number of benzene rings is 1. The lowest BCUT2D eigenvalue weighted by Gasteiger charge is -2.15. The average molecular weight is 350 g/mol. The zero-order valence-corrected chi connectivity index (χ0v) is 14.1. The van der Waals surface area contributed by atoms with Gasteiger partial charge in [0, 0.05) is 25.5 Å². The molecule has 3 rings (SSSR count). The van der Waals surface area contributed by atoms with Gasteiger partial charge in [0.15, 0.2) is 0 Å². The van der Waals surface area contributed by atoms with Gasteiger partial charge in [-0.15, -0.1) is 12.4 Å². The van der Waals surface area contributed by atoms with Gasteiger partial charge in [0.2, 0.25) is 11.8 Å². The van der Waals surface area contributed by atoms with Gasteiger partial charge < -0.3 is 16.0 Å². The van der Waals surface area contributed by atoms with Gasteiger partial charge in [-0.3, -0.25) is 14.3 Å². The fraction of sp³-hybridized carbons (Fsp3) is 0.312. The summed E-state index contributed by atoms with van der Waals surface area (Å²) >= 11 is 0. The van der Waals surface area contributed by atoms with Crippen LogP contribution in [0, 0.1) is 0 Å². The molecule has 1 aromatic carbocycles. The Kier molecular flexibility index (Phi) is 5.46. The number of carbonyl (C=O) groups excluding carboxylic acids is 2. The van der Waals surface area contributed by atoms with Crippen molar-refractivity contribution in [3.05, 3.63) is 42.2 Å². The Balaban J connectivity index is 0.00000208. The van der Waals surface area contributed by atoms with Gasteiger partial charge in [-0.05, 0) is 24.1 Å². The molecule has 2 aromatic rings. The smallest absolute Gasteiger partial charge is 0.249 e. The molecule has 0 radical (unpaired) electrons. The quantitative estimate of drug-likeness (QED) is 0.802. The van der Waals surface area contributed by atoms with Crippen molar-refractivity contribution in [3.63, 3.8) is 0 Å². The fourth-order valence-corrected chi connectivity index (χ4v) is 2.68. The maximum absolute atomic E-state index is 12.4. The third-order valence-electron chi connectivity index (χ3n) is 3.89. The maximum Gasteiger partial charge on any atom is 0.249 e. The molecule has 0 spiro atoms. The number of halogens is 1. The Bertz CT molecular complexity index is 728. The van der Waals surface area contributed by atoms with E-state index < -0.39 is 6.04 Å². The number of amides is 2. The first-order chi connectivity index (χ1) is 11.0. The van der Waals surface area contributed by atoms with E-state index in [0.717, 1.165) is 11.3 Å². The monoisotopic (exact) mass is 349 g/mol. The van der Waals surface area contributed by atoms with Crippen LogP contribution in [0.25, 0.3) is 0 Å². The molecule has 0 aliphatic carbocycles. The van der Waals surface area contributed by atoms with E-state index in [0.29, 0.717) is 18.7 Å². The highest BCUT2D eigenvalue weighted by atomic mass is 35.5. The molecule has 1 aromatic heterocycles. The summed E-state index contributed by atoms with van der Waals surface area (Å²) in [6, 6.07) is 6.66. The van der Waals surface area contributed by atoms with E-state index in [1.165, 1.54) is 0 Å². The van der Waals surface area contributed by atoms with E-state index in [2.05, 4.69) is 10.4 Å². The Hall–Kier alpha value is -2.54. The van der Waals surface area contributed by atoms with Crippen LogP contribution in [0.5, 0.6) is 0 Å². The lowest BCUT2D eigenvalue weighted by atomic mass is 10.1. The van der Waals surface area contributed by atoms with Crippen molar-refractivity contribution in [2.75, 3.05) is 17.2 Å². The van der Waals surface area contributed by atoms with Crippen LogP contribution < -0.4 is 16.0 Å². The number of hydrogen-bond acceptors (Lipinski definition) is 4. The van der Waals surface area contributed by atoms with Crippen molar-refractivity contribution in [2.24, 2.45) is 7.05 Å². The summed E-state index contributed by atoms with van der Waals surface area (Å²) < 4.78 is 1.65. The van der Waals surface area contributed by atoms with Crippen LogP contribution in [0.1, 0.15) is 12.0 Å². The Morgan fingerprint density at radius 3 is 2.71 bits per heavy atom. The molecule has 8 heteroatoms. The SMILES string of the molecule is Cl.Cn1cc(N2CCC(NC(=O)Cc3ccc(N)cc3)C2=O)cn1. The minimum atomic E-state index is -0.475. The van der Waals surface area contributed by atoms with Crippen molar-refractivity contribution in [2.45, 2.75) is 18.9 Å². The highest BCUT2D eigenvalue weighted by molar-refractivity contribution is 6.01. The minimum Gasteiger partial charge on any atom is -0.399 e. The Morgan fingerprint density at radius 1 is 1.38 bits per heavy atom. The molecular weight excluding hydrogens is 330 g/mol. The van der Waals surface area contributed by atoms with Gasteiger partial charge in [-0.2, -0.15) is 5.10 Å². The molecule has 2 amide bonds. The van der Waals surface area contributed by atoms with Crippen molar-refractivity contribution < 1.29 is 9.59 Å². The predicted molar refractivity (Wildman–Crippen MR) is 93.9 cm³/mol. The molecular formula is C16H20ClN5O2. The lowest BCUT2D eigenvalue weighted by molar-refractivity contribution is -0.126. The van der Waals surface area contributed by atoms with E-state index in [1.807, 2.05) is 12.1 Å². The first-order valence-electron chi connectivity index (χ1n) is 7.47. The van der Waals surface area contributed by atoms with E-state index >= 15 is 0 Å². The highest BCUT2D eigenvalue weighted by Gasteiger charge is 2.34. The molecule has 1 aliphatic heterocycles. The van der Waals surface area contributed by atoms with Gasteiger partial charge in [0.25, 0.3) is 0 Å². The summed E-state index contributed by atoms with van der Waals surface area (Å²) in [5.74, 6) is -0.259. The zero-order chi connectivity index (χ0) is 16.4. The summed E-state index contributed by atoms with van der Waals surface area (Å²) in [5, 5.41) is 6.88. The molecule has 2 heterocycles. The molecule has 3 N–H and O–H groups in total. The Labute approximate surface area is 146 Å². The molecule has 128 valence electrons. The molecule has 24 heavy (non-hydrogen) atoms. The number of aromatic nitrogens is 2. The van der Waals surface area contributed by atoms with Crippen molar-refractivity contribution in [3.8, 4) is 0 Å². The van der Waals surface area contributed by atoms with Crippen LogP contribution in [-0.4, -0.2) is 34.2 Å². The predicted octanol–water partition coefficient (Wildman–Crippen LogP) is 0.888. The molecule has 1 aliphatic rings. The topological polar surface area (TPSA) is 93.2 Å². The fourth-order valence-electron chi connectivity index (χ4n) is 2.68. The number of nitrogens with two attached hydrogens (primary N) is 1. The summed E-state index contributed by atoms with van der Waals surface area (Å²) in [4.78, 5) is 26.2. The maximum atomic E-state index is 12.4. The number of nitrogen functional groups attached to an aromatic ring is 1. The zero-order valence-electron chi connectivity index (χ0n) is 13.3. The summed E-state index contributed by atoms with van der Waals surface area (Å²) in [6.45, 7) is 0.581. The van der Waals surface area contributed by atoms with Crippen LogP contribution >= 0.6 is 12.4 Å². The first-order valence-corrected chi connectivity index (χ1v) is 7.47. The van der Waals surface area contributed by atoms with Gasteiger partial charge in [-0.1, -0.05) is 12.1 Å². The van der Waals surface area contributed by atoms with Crippen LogP contribution in [0.4, 0.5) is 11.4 Å². The van der Waals surface area contributed by atoms with E-state index in [-0.39, 0.29) is 30.6 Å². The van der Waals surface area contributed by atoms with Crippen molar-refractivity contribution in [1.82, 2.24) is 15.1 Å². The molecule has 7 nitrogen and oxygen atoms in total. The number of aryl methyl sites for hydroxylation is 1. The second-order valence-corrected chi connectivity index (χ2v) is 5.69. The standard InChI is InChI=1S/C16H19N5O2.ClH/c1-20-10-13(9-18-20)21-7-6-14(16(21)23)19-15(22)8-11-2-4-12(17)5-3-11;/h2-5,9-10,14H,6-8,17H2,1H3,(H,19,22);1H. The van der Waals surface area contributed by atoms with Crippen molar-refractivity contribution in [1.29, 1.82) is 0 Å². The number of nitrogens with one attached hydrogen (secondary N) is 1. The first kappa shape index (κ1) is 17.8. The second kappa shape index (κ2) is 7.35. The largest absolute Gasteiger partial charge is 0.399 e. The molecule has 1 saturated heterocycles. The summed E-state index contributed by atoms with van der Waals surface area (Å²) in [5.41, 5.74) is 7.91. The van der Waals surface area contributed by atoms with E-state index in [9.17, 15) is 9.59 Å². The number of anilines is 2. The van der Waals surface area contributed by atoms with Gasteiger partial charge in [-0.25, -0.2) is 0 Å². The molecule has 1 atom stereocenters. The van der Waals surface area contributed by atoms with Crippen molar-refractivity contribution >= 4 is 35.6 Å². The van der Waals surface area contributed by atoms with Gasteiger partial charge in [0.1, 0.15) is 6.04 Å². The third-order valence-corrected chi connectivity index (χ3v) is 3.89. The summed E-state index contributed by atoms with van der Waals surface area (Å²) in [6.07, 6.45) is 4.27. The molecule has 1 fully saturated rings. The third kappa shape index (κ3) is 3.86. The van der Waals surface area contributed by atoms with Crippen LogP contribution in [0.3, 0.4) is 0 Å².